The van der Waals surface area contributed by atoms with Gasteiger partial charge in [-0.25, -0.2) is 4.79 Å². The van der Waals surface area contributed by atoms with E-state index in [0.717, 1.165) is 6.21 Å². The number of carbonyl (C=O) groups is 1. The maximum Gasteiger partial charge on any atom is 0.339 e. The lowest BCUT2D eigenvalue weighted by Gasteiger charge is -2.00. The highest BCUT2D eigenvalue weighted by molar-refractivity contribution is 5.95. The normalized spacial score (nSPS) is 10.5. The molecule has 68 valence electrons. The lowest BCUT2D eigenvalue weighted by molar-refractivity contribution is 0.0693. The van der Waals surface area contributed by atoms with Gasteiger partial charge in [-0.1, -0.05) is 11.2 Å². The van der Waals surface area contributed by atoms with E-state index in [1.165, 1.54) is 18.2 Å². The molecule has 5 heteroatoms. The van der Waals surface area contributed by atoms with Crippen LogP contribution in [0.4, 0.5) is 0 Å². The molecule has 0 unspecified atom stereocenters. The Kier molecular flexibility index (Phi) is 2.49. The monoisotopic (exact) mass is 181 g/mol. The average Bonchev–Trinajstić information content (AvgIpc) is 2.08. The lowest BCUT2D eigenvalue weighted by Crippen LogP contribution is -1.98. The smallest absolute Gasteiger partial charge is 0.339 e. The summed E-state index contributed by atoms with van der Waals surface area (Å²) in [4.78, 5) is 10.5. The number of hydrogen-bond donors (Lipinski definition) is 3. The third-order valence-corrected chi connectivity index (χ3v) is 1.49. The summed E-state index contributed by atoms with van der Waals surface area (Å²) in [6, 6.07) is 4.13. The van der Waals surface area contributed by atoms with Crippen LogP contribution in [0.3, 0.4) is 0 Å². The predicted octanol–water partition coefficient (Wildman–Crippen LogP) is 0.898. The van der Waals surface area contributed by atoms with Crippen LogP contribution in [-0.4, -0.2) is 27.6 Å². The van der Waals surface area contributed by atoms with E-state index < -0.39 is 11.7 Å². The number of hydrogen-bond acceptors (Lipinski definition) is 4. The molecule has 0 aromatic heterocycles. The summed E-state index contributed by atoms with van der Waals surface area (Å²) in [5, 5.41) is 28.8. The third kappa shape index (κ3) is 1.76. The van der Waals surface area contributed by atoms with Gasteiger partial charge in [-0.3, -0.25) is 0 Å². The summed E-state index contributed by atoms with van der Waals surface area (Å²) in [6.07, 6.45) is 0.960. The molecular formula is C8H7NO4. The molecule has 0 aliphatic heterocycles. The number of aromatic carboxylic acids is 1. The highest BCUT2D eigenvalue weighted by Crippen LogP contribution is 2.20. The molecule has 0 saturated carbocycles. The molecule has 3 N–H and O–H groups in total. The molecule has 13 heavy (non-hydrogen) atoms. The zero-order valence-corrected chi connectivity index (χ0v) is 6.51. The minimum absolute atomic E-state index is 0.155. The summed E-state index contributed by atoms with van der Waals surface area (Å²) in [5.74, 6) is -1.64. The van der Waals surface area contributed by atoms with E-state index in [1.807, 2.05) is 0 Å². The molecule has 0 heterocycles. The van der Waals surface area contributed by atoms with Crippen molar-refractivity contribution in [1.29, 1.82) is 0 Å². The first-order valence-corrected chi connectivity index (χ1v) is 3.39. The molecule has 0 bridgehead atoms. The molecule has 5 nitrogen and oxygen atoms in total. The van der Waals surface area contributed by atoms with E-state index >= 15 is 0 Å². The standard InChI is InChI=1S/C8H7NO4/c10-7-5(4-9-13)2-1-3-6(7)8(11)12/h1-4,10,13H,(H,11,12)/b9-4-. The summed E-state index contributed by atoms with van der Waals surface area (Å²) in [6.45, 7) is 0. The van der Waals surface area contributed by atoms with Crippen molar-refractivity contribution in [3.05, 3.63) is 29.3 Å². The number of nitrogens with zero attached hydrogens (tertiary/aromatic N) is 1. The highest BCUT2D eigenvalue weighted by Gasteiger charge is 2.11. The van der Waals surface area contributed by atoms with Gasteiger partial charge in [0.15, 0.2) is 0 Å². The topological polar surface area (TPSA) is 90.1 Å². The molecule has 1 aromatic carbocycles. The molecule has 0 radical (unpaired) electrons. The molecule has 0 atom stereocenters. The van der Waals surface area contributed by atoms with E-state index in [0.29, 0.717) is 0 Å². The van der Waals surface area contributed by atoms with Crippen molar-refractivity contribution < 1.29 is 20.2 Å². The number of para-hydroxylation sites is 1. The van der Waals surface area contributed by atoms with Crippen LogP contribution < -0.4 is 0 Å². The van der Waals surface area contributed by atoms with Crippen molar-refractivity contribution >= 4 is 12.2 Å². The SMILES string of the molecule is O=C(O)c1cccc(/C=N\O)c1O. The van der Waals surface area contributed by atoms with Crippen molar-refractivity contribution in [2.45, 2.75) is 0 Å². The van der Waals surface area contributed by atoms with Crippen LogP contribution in [0.15, 0.2) is 23.4 Å². The zero-order chi connectivity index (χ0) is 9.84. The Morgan fingerprint density at radius 2 is 2.15 bits per heavy atom. The van der Waals surface area contributed by atoms with Crippen LogP contribution in [0.1, 0.15) is 15.9 Å². The van der Waals surface area contributed by atoms with Gasteiger partial charge < -0.3 is 15.4 Å². The van der Waals surface area contributed by atoms with Gasteiger partial charge in [0.2, 0.25) is 0 Å². The fraction of sp³-hybridized carbons (Fsp3) is 0. The lowest BCUT2D eigenvalue weighted by atomic mass is 10.1. The average molecular weight is 181 g/mol. The first kappa shape index (κ1) is 9.05. The highest BCUT2D eigenvalue weighted by atomic mass is 16.4. The summed E-state index contributed by atoms with van der Waals surface area (Å²) < 4.78 is 0. The number of rotatable bonds is 2. The molecule has 0 spiro atoms. The number of carboxylic acids is 1. The van der Waals surface area contributed by atoms with E-state index in [2.05, 4.69) is 5.16 Å². The maximum atomic E-state index is 10.5. The van der Waals surface area contributed by atoms with Crippen molar-refractivity contribution in [3.8, 4) is 5.75 Å². The molecule has 0 aliphatic rings. The first-order valence-electron chi connectivity index (χ1n) is 3.39. The molecule has 0 amide bonds. The van der Waals surface area contributed by atoms with E-state index in [-0.39, 0.29) is 11.1 Å². The Balaban J connectivity index is 3.26. The number of benzene rings is 1. The number of carboxylic acid groups (broad SMARTS) is 1. The summed E-state index contributed by atoms with van der Waals surface area (Å²) in [5.41, 5.74) is -0.0696. The van der Waals surface area contributed by atoms with Gasteiger partial charge in [0.05, 0.1) is 6.21 Å². The van der Waals surface area contributed by atoms with Gasteiger partial charge in [0.1, 0.15) is 11.3 Å². The van der Waals surface area contributed by atoms with Gasteiger partial charge in [-0.2, -0.15) is 0 Å². The van der Waals surface area contributed by atoms with Crippen LogP contribution >= 0.6 is 0 Å². The number of oxime groups is 1. The van der Waals surface area contributed by atoms with Crippen LogP contribution in [0, 0.1) is 0 Å². The Morgan fingerprint density at radius 3 is 2.69 bits per heavy atom. The summed E-state index contributed by atoms with van der Waals surface area (Å²) in [7, 11) is 0. The first-order chi connectivity index (χ1) is 6.16. The Labute approximate surface area is 73.6 Å². The molecule has 0 aliphatic carbocycles. The Morgan fingerprint density at radius 1 is 1.46 bits per heavy atom. The van der Waals surface area contributed by atoms with Crippen molar-refractivity contribution in [1.82, 2.24) is 0 Å². The summed E-state index contributed by atoms with van der Waals surface area (Å²) >= 11 is 0. The zero-order valence-electron chi connectivity index (χ0n) is 6.51. The van der Waals surface area contributed by atoms with E-state index in [4.69, 9.17) is 10.3 Å². The molecule has 0 saturated heterocycles. The van der Waals surface area contributed by atoms with Crippen LogP contribution in [0.5, 0.6) is 5.75 Å². The fourth-order valence-electron chi connectivity index (χ4n) is 0.900. The molecule has 0 fully saturated rings. The minimum atomic E-state index is -1.23. The van der Waals surface area contributed by atoms with Crippen LogP contribution in [-0.2, 0) is 0 Å². The molecule has 1 rings (SSSR count). The Bertz CT molecular complexity index is 359. The molecule has 1 aromatic rings. The second kappa shape index (κ2) is 3.57. The number of aromatic hydroxyl groups is 1. The second-order valence-electron chi connectivity index (χ2n) is 2.29. The van der Waals surface area contributed by atoms with Gasteiger partial charge in [0.25, 0.3) is 0 Å². The Hall–Kier alpha value is -2.04. The number of phenols is 1. The van der Waals surface area contributed by atoms with E-state index in [1.54, 1.807) is 0 Å². The van der Waals surface area contributed by atoms with Gasteiger partial charge >= 0.3 is 5.97 Å². The van der Waals surface area contributed by atoms with Crippen molar-refractivity contribution in [2.75, 3.05) is 0 Å². The molecular weight excluding hydrogens is 174 g/mol. The van der Waals surface area contributed by atoms with Gasteiger partial charge in [-0.05, 0) is 12.1 Å². The van der Waals surface area contributed by atoms with Gasteiger partial charge in [-0.15, -0.1) is 0 Å². The minimum Gasteiger partial charge on any atom is -0.506 e. The van der Waals surface area contributed by atoms with Crippen LogP contribution in [0.2, 0.25) is 0 Å². The third-order valence-electron chi connectivity index (χ3n) is 1.49. The maximum absolute atomic E-state index is 10.5. The van der Waals surface area contributed by atoms with Crippen LogP contribution in [0.25, 0.3) is 0 Å². The predicted molar refractivity (Wildman–Crippen MR) is 44.4 cm³/mol. The largest absolute Gasteiger partial charge is 0.506 e. The fourth-order valence-corrected chi connectivity index (χ4v) is 0.900. The van der Waals surface area contributed by atoms with Crippen molar-refractivity contribution in [3.63, 3.8) is 0 Å². The van der Waals surface area contributed by atoms with Gasteiger partial charge in [0, 0.05) is 5.56 Å². The quantitative estimate of drug-likeness (QED) is 0.359. The second-order valence-corrected chi connectivity index (χ2v) is 2.29. The van der Waals surface area contributed by atoms with Crippen molar-refractivity contribution in [2.24, 2.45) is 5.16 Å². The van der Waals surface area contributed by atoms with E-state index in [9.17, 15) is 9.90 Å².